The standard InChI is InChI=1S/C11H18N4/c1-3-15(11(13)14)10-6-4-5-9(7-12)8(10)2/h4-6H,3,7,12H2,1-2H3,(H3,13,14). The second-order valence-electron chi connectivity index (χ2n) is 3.39. The minimum atomic E-state index is 0.0646. The summed E-state index contributed by atoms with van der Waals surface area (Å²) in [6, 6.07) is 5.89. The molecule has 0 saturated carbocycles. The molecule has 0 aliphatic rings. The van der Waals surface area contributed by atoms with E-state index in [4.69, 9.17) is 16.9 Å². The van der Waals surface area contributed by atoms with Crippen molar-refractivity contribution >= 4 is 11.6 Å². The molecule has 0 amide bonds. The molecule has 0 saturated heterocycles. The first kappa shape index (κ1) is 11.5. The smallest absolute Gasteiger partial charge is 0.192 e. The van der Waals surface area contributed by atoms with Crippen LogP contribution in [0.2, 0.25) is 0 Å². The van der Waals surface area contributed by atoms with E-state index in [2.05, 4.69) is 0 Å². The summed E-state index contributed by atoms with van der Waals surface area (Å²) in [6.45, 7) is 5.17. The summed E-state index contributed by atoms with van der Waals surface area (Å²) in [5, 5.41) is 7.49. The van der Waals surface area contributed by atoms with Gasteiger partial charge in [0.05, 0.1) is 0 Å². The first-order valence-corrected chi connectivity index (χ1v) is 5.02. The molecule has 5 N–H and O–H groups in total. The van der Waals surface area contributed by atoms with E-state index >= 15 is 0 Å². The van der Waals surface area contributed by atoms with Gasteiger partial charge in [0.2, 0.25) is 0 Å². The predicted molar refractivity (Wildman–Crippen MR) is 64.0 cm³/mol. The molecule has 0 aromatic heterocycles. The van der Waals surface area contributed by atoms with Crippen LogP contribution in [0.25, 0.3) is 0 Å². The van der Waals surface area contributed by atoms with Crippen molar-refractivity contribution in [3.05, 3.63) is 29.3 Å². The van der Waals surface area contributed by atoms with E-state index < -0.39 is 0 Å². The predicted octanol–water partition coefficient (Wildman–Crippen LogP) is 1.17. The van der Waals surface area contributed by atoms with Crippen LogP contribution in [-0.4, -0.2) is 12.5 Å². The van der Waals surface area contributed by atoms with E-state index in [-0.39, 0.29) is 5.96 Å². The molecule has 0 heterocycles. The van der Waals surface area contributed by atoms with Crippen molar-refractivity contribution in [3.8, 4) is 0 Å². The van der Waals surface area contributed by atoms with Gasteiger partial charge in [0.1, 0.15) is 0 Å². The summed E-state index contributed by atoms with van der Waals surface area (Å²) >= 11 is 0. The highest BCUT2D eigenvalue weighted by Gasteiger charge is 2.11. The molecule has 0 aliphatic heterocycles. The zero-order chi connectivity index (χ0) is 11.4. The molecule has 0 radical (unpaired) electrons. The Hall–Kier alpha value is -1.55. The number of hydrogen-bond acceptors (Lipinski definition) is 2. The zero-order valence-electron chi connectivity index (χ0n) is 9.25. The fourth-order valence-corrected chi connectivity index (χ4v) is 1.65. The van der Waals surface area contributed by atoms with Gasteiger partial charge in [-0.2, -0.15) is 0 Å². The Morgan fingerprint density at radius 2 is 2.13 bits per heavy atom. The van der Waals surface area contributed by atoms with Gasteiger partial charge in [0.25, 0.3) is 0 Å². The second-order valence-corrected chi connectivity index (χ2v) is 3.39. The summed E-state index contributed by atoms with van der Waals surface area (Å²) in [6.07, 6.45) is 0. The topological polar surface area (TPSA) is 79.1 Å². The molecular weight excluding hydrogens is 188 g/mol. The van der Waals surface area contributed by atoms with Gasteiger partial charge >= 0.3 is 0 Å². The van der Waals surface area contributed by atoms with Gasteiger partial charge in [0.15, 0.2) is 5.96 Å². The Morgan fingerprint density at radius 1 is 1.47 bits per heavy atom. The fourth-order valence-electron chi connectivity index (χ4n) is 1.65. The maximum atomic E-state index is 7.49. The molecule has 0 spiro atoms. The van der Waals surface area contributed by atoms with Gasteiger partial charge in [0, 0.05) is 18.8 Å². The maximum Gasteiger partial charge on any atom is 0.192 e. The van der Waals surface area contributed by atoms with Crippen LogP contribution >= 0.6 is 0 Å². The molecule has 0 unspecified atom stereocenters. The van der Waals surface area contributed by atoms with Gasteiger partial charge < -0.3 is 16.4 Å². The van der Waals surface area contributed by atoms with E-state index in [9.17, 15) is 0 Å². The number of hydrogen-bond donors (Lipinski definition) is 3. The zero-order valence-corrected chi connectivity index (χ0v) is 9.25. The molecule has 4 nitrogen and oxygen atoms in total. The van der Waals surface area contributed by atoms with Crippen LogP contribution in [0, 0.1) is 12.3 Å². The molecular formula is C11H18N4. The van der Waals surface area contributed by atoms with E-state index in [0.717, 1.165) is 16.8 Å². The average molecular weight is 206 g/mol. The Balaban J connectivity index is 3.18. The van der Waals surface area contributed by atoms with Crippen molar-refractivity contribution in [2.45, 2.75) is 20.4 Å². The molecule has 15 heavy (non-hydrogen) atoms. The minimum Gasteiger partial charge on any atom is -0.370 e. The third-order valence-electron chi connectivity index (χ3n) is 2.54. The Morgan fingerprint density at radius 3 is 2.60 bits per heavy atom. The molecule has 0 fully saturated rings. The lowest BCUT2D eigenvalue weighted by Gasteiger charge is -2.23. The van der Waals surface area contributed by atoms with Gasteiger partial charge in [-0.15, -0.1) is 0 Å². The van der Waals surface area contributed by atoms with Crippen LogP contribution in [0.3, 0.4) is 0 Å². The molecule has 0 atom stereocenters. The highest BCUT2D eigenvalue weighted by atomic mass is 15.2. The largest absolute Gasteiger partial charge is 0.370 e. The third kappa shape index (κ3) is 2.27. The van der Waals surface area contributed by atoms with E-state index in [1.807, 2.05) is 32.0 Å². The summed E-state index contributed by atoms with van der Waals surface area (Å²) in [5.74, 6) is 0.0646. The first-order valence-electron chi connectivity index (χ1n) is 5.02. The summed E-state index contributed by atoms with van der Waals surface area (Å²) in [5.41, 5.74) is 14.3. The van der Waals surface area contributed by atoms with Crippen molar-refractivity contribution in [1.29, 1.82) is 5.41 Å². The number of guanidine groups is 1. The van der Waals surface area contributed by atoms with Crippen LogP contribution in [0.4, 0.5) is 5.69 Å². The second kappa shape index (κ2) is 4.79. The molecule has 0 bridgehead atoms. The van der Waals surface area contributed by atoms with E-state index in [1.165, 1.54) is 0 Å². The molecule has 0 aliphatic carbocycles. The Labute approximate surface area is 90.4 Å². The van der Waals surface area contributed by atoms with Crippen LogP contribution in [0.1, 0.15) is 18.1 Å². The minimum absolute atomic E-state index is 0.0646. The number of rotatable bonds is 3. The number of nitrogens with two attached hydrogens (primary N) is 2. The van der Waals surface area contributed by atoms with E-state index in [1.54, 1.807) is 4.90 Å². The quantitative estimate of drug-likeness (QED) is 0.513. The monoisotopic (exact) mass is 206 g/mol. The fraction of sp³-hybridized carbons (Fsp3) is 0.364. The van der Waals surface area contributed by atoms with Crippen molar-refractivity contribution in [3.63, 3.8) is 0 Å². The number of benzene rings is 1. The molecule has 1 aromatic rings. The van der Waals surface area contributed by atoms with Crippen molar-refractivity contribution in [2.24, 2.45) is 11.5 Å². The maximum absolute atomic E-state index is 7.49. The van der Waals surface area contributed by atoms with Crippen LogP contribution < -0.4 is 16.4 Å². The van der Waals surface area contributed by atoms with E-state index in [0.29, 0.717) is 13.1 Å². The SMILES string of the molecule is CCN(C(=N)N)c1cccc(CN)c1C. The lowest BCUT2D eigenvalue weighted by atomic mass is 10.1. The van der Waals surface area contributed by atoms with Gasteiger partial charge in [-0.05, 0) is 31.0 Å². The lowest BCUT2D eigenvalue weighted by molar-refractivity contribution is 0.999. The summed E-state index contributed by atoms with van der Waals surface area (Å²) < 4.78 is 0. The van der Waals surface area contributed by atoms with Crippen LogP contribution in [0.5, 0.6) is 0 Å². The number of nitrogens with zero attached hydrogens (tertiary/aromatic N) is 1. The molecule has 1 aromatic carbocycles. The average Bonchev–Trinajstić information content (AvgIpc) is 2.21. The third-order valence-corrected chi connectivity index (χ3v) is 2.54. The number of nitrogens with one attached hydrogen (secondary N) is 1. The lowest BCUT2D eigenvalue weighted by Crippen LogP contribution is -2.36. The molecule has 1 rings (SSSR count). The van der Waals surface area contributed by atoms with Gasteiger partial charge in [-0.25, -0.2) is 0 Å². The molecule has 82 valence electrons. The highest BCUT2D eigenvalue weighted by molar-refractivity contribution is 5.93. The normalized spacial score (nSPS) is 10.1. The molecule has 4 heteroatoms. The first-order chi connectivity index (χ1) is 7.11. The van der Waals surface area contributed by atoms with Crippen LogP contribution in [0.15, 0.2) is 18.2 Å². The van der Waals surface area contributed by atoms with Crippen molar-refractivity contribution in [2.75, 3.05) is 11.4 Å². The van der Waals surface area contributed by atoms with Crippen molar-refractivity contribution < 1.29 is 0 Å². The van der Waals surface area contributed by atoms with Gasteiger partial charge in [-0.3, -0.25) is 5.41 Å². The summed E-state index contributed by atoms with van der Waals surface area (Å²) in [4.78, 5) is 1.76. The van der Waals surface area contributed by atoms with Gasteiger partial charge in [-0.1, -0.05) is 12.1 Å². The Bertz CT molecular complexity index is 360. The number of anilines is 1. The van der Waals surface area contributed by atoms with Crippen molar-refractivity contribution in [1.82, 2.24) is 0 Å². The van der Waals surface area contributed by atoms with Crippen LogP contribution in [-0.2, 0) is 6.54 Å². The highest BCUT2D eigenvalue weighted by Crippen LogP contribution is 2.22. The summed E-state index contributed by atoms with van der Waals surface area (Å²) in [7, 11) is 0. The Kier molecular flexibility index (Phi) is 3.68.